The number of unbranched alkanes of at least 4 members (excludes halogenated alkanes) is 1. The fourth-order valence-electron chi connectivity index (χ4n) is 2.01. The van der Waals surface area contributed by atoms with Crippen LogP contribution in [0.1, 0.15) is 30.3 Å². The summed E-state index contributed by atoms with van der Waals surface area (Å²) in [7, 11) is 0. The van der Waals surface area contributed by atoms with Crippen LogP contribution in [0, 0.1) is 0 Å². The van der Waals surface area contributed by atoms with Gasteiger partial charge in [-0.2, -0.15) is 13.2 Å². The Morgan fingerprint density at radius 2 is 2.13 bits per heavy atom. The predicted molar refractivity (Wildman–Crippen MR) is 77.1 cm³/mol. The molecule has 0 aromatic carbocycles. The van der Waals surface area contributed by atoms with Gasteiger partial charge in [0.25, 0.3) is 11.5 Å². The summed E-state index contributed by atoms with van der Waals surface area (Å²) in [6.45, 7) is 0.719. The first-order valence-corrected chi connectivity index (χ1v) is 7.04. The van der Waals surface area contributed by atoms with E-state index >= 15 is 0 Å². The molecule has 0 atom stereocenters. The average Bonchev–Trinajstić information content (AvgIpc) is 2.50. The van der Waals surface area contributed by atoms with Gasteiger partial charge in [-0.1, -0.05) is 13.3 Å². The fraction of sp³-hybridized carbons (Fsp3) is 0.429. The van der Waals surface area contributed by atoms with Crippen LogP contribution in [0.2, 0.25) is 0 Å². The number of carbonyl (C=O) groups is 1. The number of pyridine rings is 1. The van der Waals surface area contributed by atoms with Crippen molar-refractivity contribution in [3.05, 3.63) is 34.4 Å². The lowest BCUT2D eigenvalue weighted by molar-refractivity contribution is -0.123. The molecule has 0 saturated heterocycles. The van der Waals surface area contributed by atoms with E-state index in [4.69, 9.17) is 0 Å². The smallest absolute Gasteiger partial charge is 0.341 e. The molecule has 2 heterocycles. The number of hydrogen-bond acceptors (Lipinski definition) is 4. The Bertz CT molecular complexity index is 771. The molecule has 0 radical (unpaired) electrons. The fourth-order valence-corrected chi connectivity index (χ4v) is 2.01. The molecule has 124 valence electrons. The third-order valence-corrected chi connectivity index (χ3v) is 3.10. The number of alkyl halides is 3. The highest BCUT2D eigenvalue weighted by Gasteiger charge is 2.29. The quantitative estimate of drug-likeness (QED) is 0.909. The molecule has 1 amide bonds. The van der Waals surface area contributed by atoms with Crippen LogP contribution in [0.25, 0.3) is 11.2 Å². The number of hydrogen-bond donors (Lipinski definition) is 1. The van der Waals surface area contributed by atoms with Crippen molar-refractivity contribution in [2.24, 2.45) is 0 Å². The Morgan fingerprint density at radius 1 is 1.39 bits per heavy atom. The van der Waals surface area contributed by atoms with Crippen molar-refractivity contribution in [2.75, 3.05) is 6.54 Å². The number of amides is 1. The van der Waals surface area contributed by atoms with Crippen LogP contribution in [0.15, 0.2) is 23.1 Å². The molecule has 0 saturated carbocycles. The molecule has 0 unspecified atom stereocenters. The van der Waals surface area contributed by atoms with Gasteiger partial charge in [-0.25, -0.2) is 9.97 Å². The predicted octanol–water partition coefficient (Wildman–Crippen LogP) is 1.88. The van der Waals surface area contributed by atoms with Crippen molar-refractivity contribution in [1.29, 1.82) is 0 Å². The van der Waals surface area contributed by atoms with Crippen molar-refractivity contribution in [2.45, 2.75) is 32.5 Å². The van der Waals surface area contributed by atoms with Crippen LogP contribution >= 0.6 is 0 Å². The molecule has 2 aromatic rings. The van der Waals surface area contributed by atoms with Gasteiger partial charge in [-0.15, -0.1) is 0 Å². The molecule has 6 nitrogen and oxygen atoms in total. The summed E-state index contributed by atoms with van der Waals surface area (Å²) >= 11 is 0. The summed E-state index contributed by atoms with van der Waals surface area (Å²) in [6, 6.07) is 3.12. The normalized spacial score (nSPS) is 11.7. The van der Waals surface area contributed by atoms with E-state index in [1.165, 1.54) is 10.8 Å². The Morgan fingerprint density at radius 3 is 2.78 bits per heavy atom. The highest BCUT2D eigenvalue weighted by atomic mass is 19.4. The molecule has 9 heteroatoms. The van der Waals surface area contributed by atoms with E-state index in [9.17, 15) is 22.8 Å². The number of aryl methyl sites for hydroxylation is 1. The van der Waals surface area contributed by atoms with Crippen molar-refractivity contribution in [1.82, 2.24) is 19.9 Å². The van der Waals surface area contributed by atoms with Gasteiger partial charge in [0.15, 0.2) is 11.3 Å². The first-order chi connectivity index (χ1) is 10.8. The van der Waals surface area contributed by atoms with Crippen LogP contribution in [0.5, 0.6) is 0 Å². The van der Waals surface area contributed by atoms with Gasteiger partial charge in [-0.3, -0.25) is 14.2 Å². The summed E-state index contributed by atoms with van der Waals surface area (Å²) in [5.74, 6) is -1.15. The Hall–Kier alpha value is -2.45. The monoisotopic (exact) mass is 328 g/mol. The topological polar surface area (TPSA) is 76.9 Å². The molecule has 23 heavy (non-hydrogen) atoms. The minimum absolute atomic E-state index is 0.278. The van der Waals surface area contributed by atoms with Gasteiger partial charge in [0, 0.05) is 12.7 Å². The standard InChI is InChI=1S/C14H15F3N4O2/c1-2-3-7-21-11-9(5-4-6-18-11)20-10(13(21)23)12(22)19-8-14(15,16)17/h4-6H,2-3,7-8H2,1H3,(H,19,22). The Kier molecular flexibility index (Phi) is 4.97. The second kappa shape index (κ2) is 6.76. The van der Waals surface area contributed by atoms with Crippen molar-refractivity contribution < 1.29 is 18.0 Å². The first kappa shape index (κ1) is 16.9. The maximum Gasteiger partial charge on any atom is 0.405 e. The first-order valence-electron chi connectivity index (χ1n) is 7.04. The number of carbonyl (C=O) groups excluding carboxylic acids is 1. The molecule has 1 N–H and O–H groups in total. The Balaban J connectivity index is 2.46. The van der Waals surface area contributed by atoms with Crippen molar-refractivity contribution in [3.8, 4) is 0 Å². The lowest BCUT2D eigenvalue weighted by Gasteiger charge is -2.11. The highest BCUT2D eigenvalue weighted by molar-refractivity contribution is 5.93. The van der Waals surface area contributed by atoms with E-state index in [2.05, 4.69) is 9.97 Å². The molecule has 0 spiro atoms. The summed E-state index contributed by atoms with van der Waals surface area (Å²) in [5, 5.41) is 1.67. The van der Waals surface area contributed by atoms with Gasteiger partial charge in [-0.05, 0) is 18.6 Å². The molecule has 0 fully saturated rings. The molecule has 0 aliphatic heterocycles. The van der Waals surface area contributed by atoms with Crippen LogP contribution in [-0.4, -0.2) is 33.2 Å². The van der Waals surface area contributed by atoms with Crippen LogP contribution < -0.4 is 10.9 Å². The molecular formula is C14H15F3N4O2. The van der Waals surface area contributed by atoms with Gasteiger partial charge in [0.2, 0.25) is 0 Å². The van der Waals surface area contributed by atoms with Crippen molar-refractivity contribution in [3.63, 3.8) is 0 Å². The lowest BCUT2D eigenvalue weighted by Crippen LogP contribution is -2.39. The number of halogens is 3. The summed E-state index contributed by atoms with van der Waals surface area (Å²) in [4.78, 5) is 32.2. The molecule has 0 aliphatic carbocycles. The average molecular weight is 328 g/mol. The minimum Gasteiger partial charge on any atom is -0.341 e. The van der Waals surface area contributed by atoms with Gasteiger partial charge < -0.3 is 5.32 Å². The third kappa shape index (κ3) is 4.05. The molecule has 0 bridgehead atoms. The van der Waals surface area contributed by atoms with E-state index in [-0.39, 0.29) is 5.52 Å². The second-order valence-electron chi connectivity index (χ2n) is 4.91. The highest BCUT2D eigenvalue weighted by Crippen LogP contribution is 2.13. The van der Waals surface area contributed by atoms with Crippen molar-refractivity contribution >= 4 is 17.1 Å². The molecule has 2 rings (SSSR count). The van der Waals surface area contributed by atoms with Gasteiger partial charge in [0.05, 0.1) is 0 Å². The zero-order valence-electron chi connectivity index (χ0n) is 12.4. The van der Waals surface area contributed by atoms with Gasteiger partial charge in [0.1, 0.15) is 12.1 Å². The van der Waals surface area contributed by atoms with Crippen LogP contribution in [0.3, 0.4) is 0 Å². The minimum atomic E-state index is -4.56. The van der Waals surface area contributed by atoms with E-state index in [1.807, 2.05) is 6.92 Å². The number of nitrogens with one attached hydrogen (secondary N) is 1. The summed E-state index contributed by atoms with van der Waals surface area (Å²) in [6.07, 6.45) is -1.61. The Labute approximate surface area is 129 Å². The summed E-state index contributed by atoms with van der Waals surface area (Å²) < 4.78 is 37.9. The van der Waals surface area contributed by atoms with E-state index < -0.39 is 29.9 Å². The third-order valence-electron chi connectivity index (χ3n) is 3.10. The van der Waals surface area contributed by atoms with E-state index in [0.29, 0.717) is 18.6 Å². The van der Waals surface area contributed by atoms with Crippen LogP contribution in [-0.2, 0) is 6.54 Å². The molecule has 0 aliphatic rings. The SMILES string of the molecule is CCCCn1c(=O)c(C(=O)NCC(F)(F)F)nc2cccnc21. The van der Waals surface area contributed by atoms with Gasteiger partial charge >= 0.3 is 6.18 Å². The zero-order chi connectivity index (χ0) is 17.0. The van der Waals surface area contributed by atoms with E-state index in [0.717, 1.165) is 6.42 Å². The zero-order valence-corrected chi connectivity index (χ0v) is 12.4. The summed E-state index contributed by atoms with van der Waals surface area (Å²) in [5.41, 5.74) is -0.728. The number of aromatic nitrogens is 3. The molecular weight excluding hydrogens is 313 g/mol. The molecule has 2 aromatic heterocycles. The van der Waals surface area contributed by atoms with E-state index in [1.54, 1.807) is 17.4 Å². The number of rotatable bonds is 5. The number of fused-ring (bicyclic) bond motifs is 1. The maximum atomic E-state index is 12.4. The largest absolute Gasteiger partial charge is 0.405 e. The van der Waals surface area contributed by atoms with Crippen LogP contribution in [0.4, 0.5) is 13.2 Å². The maximum absolute atomic E-state index is 12.4. The lowest BCUT2D eigenvalue weighted by atomic mass is 10.3. The second-order valence-corrected chi connectivity index (χ2v) is 4.91. The number of nitrogens with zero attached hydrogens (tertiary/aromatic N) is 3.